The molecule has 1 heterocycles. The number of hydrogen-bond acceptors (Lipinski definition) is 3. The number of carbonyl (C=O) groups is 1. The Morgan fingerprint density at radius 2 is 1.93 bits per heavy atom. The van der Waals surface area contributed by atoms with Crippen molar-refractivity contribution >= 4 is 5.91 Å². The highest BCUT2D eigenvalue weighted by molar-refractivity contribution is 5.84. The SMILES string of the molecule is CC(C)(O)C(=O)N1CCC(CO)CC1. The molecule has 1 amide bonds. The van der Waals surface area contributed by atoms with E-state index in [1.807, 2.05) is 0 Å². The van der Waals surface area contributed by atoms with E-state index in [1.165, 1.54) is 13.8 Å². The van der Waals surface area contributed by atoms with Crippen molar-refractivity contribution in [2.45, 2.75) is 32.3 Å². The quantitative estimate of drug-likeness (QED) is 0.660. The van der Waals surface area contributed by atoms with Crippen LogP contribution in [0.1, 0.15) is 26.7 Å². The van der Waals surface area contributed by atoms with Crippen molar-refractivity contribution in [1.29, 1.82) is 0 Å². The predicted octanol–water partition coefficient (Wildman–Crippen LogP) is -0.0118. The number of carbonyl (C=O) groups excluding carboxylic acids is 1. The average Bonchev–Trinajstić information content (AvgIpc) is 2.15. The highest BCUT2D eigenvalue weighted by atomic mass is 16.3. The summed E-state index contributed by atoms with van der Waals surface area (Å²) in [5.41, 5.74) is -1.27. The van der Waals surface area contributed by atoms with Gasteiger partial charge in [-0.05, 0) is 32.6 Å². The highest BCUT2D eigenvalue weighted by Crippen LogP contribution is 2.19. The summed E-state index contributed by atoms with van der Waals surface area (Å²) in [6.07, 6.45) is 1.66. The Hall–Kier alpha value is -0.610. The van der Waals surface area contributed by atoms with Gasteiger partial charge in [0.2, 0.25) is 0 Å². The molecule has 0 aliphatic carbocycles. The van der Waals surface area contributed by atoms with Crippen LogP contribution in [0.2, 0.25) is 0 Å². The number of likely N-dealkylation sites (tertiary alicyclic amines) is 1. The Morgan fingerprint density at radius 3 is 2.29 bits per heavy atom. The molecule has 4 heteroatoms. The molecule has 0 atom stereocenters. The van der Waals surface area contributed by atoms with E-state index >= 15 is 0 Å². The van der Waals surface area contributed by atoms with Crippen molar-refractivity contribution in [2.75, 3.05) is 19.7 Å². The molecule has 0 aromatic carbocycles. The van der Waals surface area contributed by atoms with E-state index in [1.54, 1.807) is 4.90 Å². The summed E-state index contributed by atoms with van der Waals surface area (Å²) in [7, 11) is 0. The van der Waals surface area contributed by atoms with Gasteiger partial charge in [0.1, 0.15) is 5.60 Å². The molecule has 1 rings (SSSR count). The number of rotatable bonds is 2. The second kappa shape index (κ2) is 4.28. The molecule has 14 heavy (non-hydrogen) atoms. The summed E-state index contributed by atoms with van der Waals surface area (Å²) in [6, 6.07) is 0. The summed E-state index contributed by atoms with van der Waals surface area (Å²) >= 11 is 0. The van der Waals surface area contributed by atoms with Crippen LogP contribution in [0.3, 0.4) is 0 Å². The minimum atomic E-state index is -1.27. The summed E-state index contributed by atoms with van der Waals surface area (Å²) in [5, 5.41) is 18.4. The zero-order valence-corrected chi connectivity index (χ0v) is 8.86. The van der Waals surface area contributed by atoms with Gasteiger partial charge in [-0.1, -0.05) is 0 Å². The largest absolute Gasteiger partial charge is 0.396 e. The van der Waals surface area contributed by atoms with Gasteiger partial charge < -0.3 is 15.1 Å². The Morgan fingerprint density at radius 1 is 1.43 bits per heavy atom. The fourth-order valence-corrected chi connectivity index (χ4v) is 1.71. The van der Waals surface area contributed by atoms with E-state index in [0.717, 1.165) is 12.8 Å². The van der Waals surface area contributed by atoms with Crippen LogP contribution in [0.25, 0.3) is 0 Å². The first-order valence-electron chi connectivity index (χ1n) is 5.07. The van der Waals surface area contributed by atoms with E-state index in [2.05, 4.69) is 0 Å². The lowest BCUT2D eigenvalue weighted by molar-refractivity contribution is -0.149. The first-order valence-corrected chi connectivity index (χ1v) is 5.07. The maximum Gasteiger partial charge on any atom is 0.253 e. The zero-order chi connectivity index (χ0) is 10.8. The fourth-order valence-electron chi connectivity index (χ4n) is 1.71. The fraction of sp³-hybridized carbons (Fsp3) is 0.900. The van der Waals surface area contributed by atoms with Crippen molar-refractivity contribution in [3.8, 4) is 0 Å². The molecule has 1 aliphatic rings. The van der Waals surface area contributed by atoms with Crippen LogP contribution >= 0.6 is 0 Å². The van der Waals surface area contributed by atoms with Gasteiger partial charge in [-0.2, -0.15) is 0 Å². The molecule has 0 radical (unpaired) electrons. The molecule has 0 unspecified atom stereocenters. The predicted molar refractivity (Wildman–Crippen MR) is 52.7 cm³/mol. The second-order valence-corrected chi connectivity index (χ2v) is 4.48. The Balaban J connectivity index is 2.46. The third-order valence-electron chi connectivity index (χ3n) is 2.68. The van der Waals surface area contributed by atoms with Gasteiger partial charge in [0.25, 0.3) is 5.91 Å². The van der Waals surface area contributed by atoms with Crippen LogP contribution in [0.4, 0.5) is 0 Å². The molecule has 4 nitrogen and oxygen atoms in total. The minimum Gasteiger partial charge on any atom is -0.396 e. The Kier molecular flexibility index (Phi) is 3.50. The third kappa shape index (κ3) is 2.69. The molecule has 82 valence electrons. The number of aliphatic hydroxyl groups excluding tert-OH is 1. The molecule has 1 aliphatic heterocycles. The third-order valence-corrected chi connectivity index (χ3v) is 2.68. The summed E-state index contributed by atoms with van der Waals surface area (Å²) in [5.74, 6) is 0.106. The lowest BCUT2D eigenvalue weighted by atomic mass is 9.96. The molecular weight excluding hydrogens is 182 g/mol. The van der Waals surface area contributed by atoms with Gasteiger partial charge >= 0.3 is 0 Å². The van der Waals surface area contributed by atoms with Crippen LogP contribution < -0.4 is 0 Å². The number of piperidine rings is 1. The maximum atomic E-state index is 11.6. The second-order valence-electron chi connectivity index (χ2n) is 4.48. The first kappa shape index (κ1) is 11.5. The first-order chi connectivity index (χ1) is 6.45. The Labute approximate surface area is 84.5 Å². The summed E-state index contributed by atoms with van der Waals surface area (Å²) in [6.45, 7) is 4.51. The van der Waals surface area contributed by atoms with Gasteiger partial charge in [-0.3, -0.25) is 4.79 Å². The van der Waals surface area contributed by atoms with Crippen molar-refractivity contribution in [2.24, 2.45) is 5.92 Å². The molecule has 1 saturated heterocycles. The van der Waals surface area contributed by atoms with Crippen LogP contribution in [0.5, 0.6) is 0 Å². The average molecular weight is 201 g/mol. The maximum absolute atomic E-state index is 11.6. The van der Waals surface area contributed by atoms with E-state index in [4.69, 9.17) is 5.11 Å². The molecule has 2 N–H and O–H groups in total. The number of aliphatic hydroxyl groups is 2. The zero-order valence-electron chi connectivity index (χ0n) is 8.86. The highest BCUT2D eigenvalue weighted by Gasteiger charge is 2.31. The van der Waals surface area contributed by atoms with E-state index < -0.39 is 5.60 Å². The van der Waals surface area contributed by atoms with Gasteiger partial charge in [-0.15, -0.1) is 0 Å². The van der Waals surface area contributed by atoms with Crippen molar-refractivity contribution < 1.29 is 15.0 Å². The van der Waals surface area contributed by atoms with Crippen molar-refractivity contribution in [3.63, 3.8) is 0 Å². The molecule has 0 aromatic heterocycles. The smallest absolute Gasteiger partial charge is 0.253 e. The Bertz CT molecular complexity index is 202. The minimum absolute atomic E-state index is 0.199. The summed E-state index contributed by atoms with van der Waals surface area (Å²) in [4.78, 5) is 13.3. The van der Waals surface area contributed by atoms with Gasteiger partial charge in [0.05, 0.1) is 0 Å². The van der Waals surface area contributed by atoms with E-state index in [-0.39, 0.29) is 12.5 Å². The van der Waals surface area contributed by atoms with E-state index in [9.17, 15) is 9.90 Å². The standard InChI is InChI=1S/C10H19NO3/c1-10(2,14)9(13)11-5-3-8(7-12)4-6-11/h8,12,14H,3-7H2,1-2H3. The van der Waals surface area contributed by atoms with Crippen LogP contribution in [-0.4, -0.2) is 46.3 Å². The molecular formula is C10H19NO3. The lowest BCUT2D eigenvalue weighted by Crippen LogP contribution is -2.48. The molecule has 1 fully saturated rings. The lowest BCUT2D eigenvalue weighted by Gasteiger charge is -2.34. The molecule has 0 spiro atoms. The van der Waals surface area contributed by atoms with Crippen molar-refractivity contribution in [1.82, 2.24) is 4.90 Å². The summed E-state index contributed by atoms with van der Waals surface area (Å²) < 4.78 is 0. The van der Waals surface area contributed by atoms with E-state index in [0.29, 0.717) is 19.0 Å². The van der Waals surface area contributed by atoms with Gasteiger partial charge in [0.15, 0.2) is 0 Å². The molecule has 0 saturated carbocycles. The van der Waals surface area contributed by atoms with Crippen LogP contribution in [0.15, 0.2) is 0 Å². The monoisotopic (exact) mass is 201 g/mol. The van der Waals surface area contributed by atoms with Crippen molar-refractivity contribution in [3.05, 3.63) is 0 Å². The van der Waals surface area contributed by atoms with Gasteiger partial charge in [-0.25, -0.2) is 0 Å². The molecule has 0 aromatic rings. The number of amides is 1. The normalized spacial score (nSPS) is 19.9. The van der Waals surface area contributed by atoms with Gasteiger partial charge in [0, 0.05) is 19.7 Å². The number of hydrogen-bond donors (Lipinski definition) is 2. The van der Waals surface area contributed by atoms with Crippen LogP contribution in [-0.2, 0) is 4.79 Å². The molecule has 0 bridgehead atoms. The topological polar surface area (TPSA) is 60.8 Å². The van der Waals surface area contributed by atoms with Crippen LogP contribution in [0, 0.1) is 5.92 Å². The number of nitrogens with zero attached hydrogens (tertiary/aromatic N) is 1.